The Morgan fingerprint density at radius 1 is 1.08 bits per heavy atom. The smallest absolute Gasteiger partial charge is 0.331 e. The van der Waals surface area contributed by atoms with Gasteiger partial charge in [-0.1, -0.05) is 24.3 Å². The second-order valence-electron chi connectivity index (χ2n) is 8.16. The average Bonchev–Trinajstić information content (AvgIpc) is 3.39. The molecule has 26 heavy (non-hydrogen) atoms. The van der Waals surface area contributed by atoms with Crippen molar-refractivity contribution in [1.29, 1.82) is 0 Å². The number of esters is 1. The summed E-state index contributed by atoms with van der Waals surface area (Å²) >= 11 is 0. The molecule has 5 nitrogen and oxygen atoms in total. The number of aryl methyl sites for hydroxylation is 2. The summed E-state index contributed by atoms with van der Waals surface area (Å²) in [6.45, 7) is 3.48. The van der Waals surface area contributed by atoms with Crippen molar-refractivity contribution in [2.45, 2.75) is 20.3 Å². The number of imide groups is 1. The lowest BCUT2D eigenvalue weighted by molar-refractivity contribution is -0.148. The topological polar surface area (TPSA) is 63.7 Å². The molecule has 1 aliphatic heterocycles. The van der Waals surface area contributed by atoms with Crippen LogP contribution in [0.2, 0.25) is 0 Å². The lowest BCUT2D eigenvalue weighted by Crippen LogP contribution is -2.40. The predicted octanol–water partition coefficient (Wildman–Crippen LogP) is 2.26. The van der Waals surface area contributed by atoms with Crippen molar-refractivity contribution < 1.29 is 19.1 Å². The molecule has 1 aromatic carbocycles. The molecule has 5 heteroatoms. The number of allylic oxidation sites excluding steroid dienone is 2. The number of nitrogens with zero attached hydrogens (tertiary/aromatic N) is 1. The van der Waals surface area contributed by atoms with Crippen LogP contribution >= 0.6 is 0 Å². The van der Waals surface area contributed by atoms with Crippen LogP contribution in [0, 0.1) is 49.4 Å². The number of ether oxygens (including phenoxy) is 1. The van der Waals surface area contributed by atoms with Crippen molar-refractivity contribution in [2.75, 3.05) is 6.54 Å². The first-order valence-electron chi connectivity index (χ1n) is 9.27. The molecule has 0 unspecified atom stereocenters. The van der Waals surface area contributed by atoms with Gasteiger partial charge in [0.25, 0.3) is 0 Å². The molecule has 0 radical (unpaired) electrons. The van der Waals surface area contributed by atoms with Crippen LogP contribution in [0.3, 0.4) is 0 Å². The van der Waals surface area contributed by atoms with Gasteiger partial charge in [-0.05, 0) is 61.1 Å². The normalized spacial score (nSPS) is 36.2. The minimum Gasteiger partial charge on any atom is -0.425 e. The zero-order chi connectivity index (χ0) is 18.2. The maximum absolute atomic E-state index is 12.9. The van der Waals surface area contributed by atoms with Crippen molar-refractivity contribution in [3.8, 4) is 5.75 Å². The number of carbonyl (C=O) groups excluding carboxylic acids is 3. The molecule has 1 heterocycles. The number of rotatable bonds is 3. The standard InChI is InChI=1S/C21H21NO4/c1-10-3-4-11(2)16(7-10)26-17(23)9-22-20(24)18-12-5-6-13(15-8-14(12)15)19(18)21(22)25/h3-7,12-15,18-19H,8-9H2,1-2H3/t12-,13-,14-,15+,18-,19-/m1/s1. The number of amides is 2. The van der Waals surface area contributed by atoms with Crippen LogP contribution in [0.1, 0.15) is 17.5 Å². The van der Waals surface area contributed by atoms with Gasteiger partial charge in [0.1, 0.15) is 12.3 Å². The third kappa shape index (κ3) is 2.12. The van der Waals surface area contributed by atoms with E-state index in [1.807, 2.05) is 26.0 Å². The van der Waals surface area contributed by atoms with E-state index in [2.05, 4.69) is 12.2 Å². The number of likely N-dealkylation sites (tertiary alicyclic amines) is 1. The van der Waals surface area contributed by atoms with Gasteiger partial charge in [-0.3, -0.25) is 14.5 Å². The Morgan fingerprint density at radius 3 is 2.31 bits per heavy atom. The molecular formula is C21H21NO4. The molecule has 6 atom stereocenters. The summed E-state index contributed by atoms with van der Waals surface area (Å²) in [5.41, 5.74) is 1.83. The van der Waals surface area contributed by atoms with Gasteiger partial charge < -0.3 is 4.74 Å². The van der Waals surface area contributed by atoms with E-state index in [4.69, 9.17) is 4.74 Å². The third-order valence-corrected chi connectivity index (χ3v) is 6.61. The average molecular weight is 351 g/mol. The first kappa shape index (κ1) is 15.8. The summed E-state index contributed by atoms with van der Waals surface area (Å²) in [6, 6.07) is 5.62. The van der Waals surface area contributed by atoms with Gasteiger partial charge in [-0.25, -0.2) is 4.79 Å². The van der Waals surface area contributed by atoms with Crippen molar-refractivity contribution >= 4 is 17.8 Å². The summed E-state index contributed by atoms with van der Waals surface area (Å²) in [6.07, 6.45) is 5.39. The first-order valence-corrected chi connectivity index (χ1v) is 9.27. The van der Waals surface area contributed by atoms with Crippen LogP contribution in [0.4, 0.5) is 0 Å². The quantitative estimate of drug-likeness (QED) is 0.363. The Kier molecular flexibility index (Phi) is 3.21. The number of benzene rings is 1. The summed E-state index contributed by atoms with van der Waals surface area (Å²) in [7, 11) is 0. The van der Waals surface area contributed by atoms with Crippen molar-refractivity contribution in [3.63, 3.8) is 0 Å². The van der Waals surface area contributed by atoms with Crippen LogP contribution in [0.15, 0.2) is 30.4 Å². The van der Waals surface area contributed by atoms with Crippen LogP contribution in [0.25, 0.3) is 0 Å². The van der Waals surface area contributed by atoms with Gasteiger partial charge in [-0.15, -0.1) is 0 Å². The highest BCUT2D eigenvalue weighted by molar-refractivity contribution is 6.08. The molecule has 0 N–H and O–H groups in total. The minimum absolute atomic E-state index is 0.173. The lowest BCUT2D eigenvalue weighted by Gasteiger charge is -2.37. The molecule has 4 aliphatic carbocycles. The summed E-state index contributed by atoms with van der Waals surface area (Å²) in [4.78, 5) is 39.3. The minimum atomic E-state index is -0.565. The van der Waals surface area contributed by atoms with Gasteiger partial charge in [0, 0.05) is 0 Å². The van der Waals surface area contributed by atoms with Gasteiger partial charge in [0.05, 0.1) is 11.8 Å². The molecular weight excluding hydrogens is 330 g/mol. The molecule has 5 aliphatic rings. The van der Waals surface area contributed by atoms with Crippen molar-refractivity contribution in [1.82, 2.24) is 4.90 Å². The van der Waals surface area contributed by atoms with Crippen LogP contribution < -0.4 is 4.74 Å². The van der Waals surface area contributed by atoms with Gasteiger partial charge in [0.2, 0.25) is 11.8 Å². The summed E-state index contributed by atoms with van der Waals surface area (Å²) < 4.78 is 5.44. The fourth-order valence-electron chi connectivity index (χ4n) is 5.28. The van der Waals surface area contributed by atoms with E-state index in [0.29, 0.717) is 17.6 Å². The molecule has 6 rings (SSSR count). The zero-order valence-corrected chi connectivity index (χ0v) is 14.8. The Balaban J connectivity index is 1.34. The molecule has 3 fully saturated rings. The zero-order valence-electron chi connectivity index (χ0n) is 14.8. The van der Waals surface area contributed by atoms with Gasteiger partial charge >= 0.3 is 5.97 Å². The summed E-state index contributed by atoms with van der Waals surface area (Å²) in [5.74, 6) is 0.460. The number of carbonyl (C=O) groups is 3. The molecule has 1 saturated heterocycles. The molecule has 2 saturated carbocycles. The van der Waals surface area contributed by atoms with E-state index < -0.39 is 5.97 Å². The van der Waals surface area contributed by atoms with E-state index in [9.17, 15) is 14.4 Å². The number of hydrogen-bond acceptors (Lipinski definition) is 4. The van der Waals surface area contributed by atoms with E-state index in [-0.39, 0.29) is 42.0 Å². The van der Waals surface area contributed by atoms with E-state index in [0.717, 1.165) is 22.4 Å². The number of hydrogen-bond donors (Lipinski definition) is 0. The Hall–Kier alpha value is -2.43. The molecule has 1 aromatic rings. The largest absolute Gasteiger partial charge is 0.425 e. The van der Waals surface area contributed by atoms with E-state index in [1.54, 1.807) is 6.07 Å². The van der Waals surface area contributed by atoms with Gasteiger partial charge in [0.15, 0.2) is 0 Å². The maximum atomic E-state index is 12.9. The fourth-order valence-corrected chi connectivity index (χ4v) is 5.28. The van der Waals surface area contributed by atoms with Gasteiger partial charge in [-0.2, -0.15) is 0 Å². The maximum Gasteiger partial charge on any atom is 0.331 e. The van der Waals surface area contributed by atoms with Crippen LogP contribution in [-0.4, -0.2) is 29.2 Å². The first-order chi connectivity index (χ1) is 12.5. The molecule has 2 amide bonds. The SMILES string of the molecule is Cc1ccc(C)c(OC(=O)CN2C(=O)[C@@H]3[C@@H]4C=C[C@H]([C@@H]5C[C@H]45)[C@H]3C2=O)c1. The summed E-state index contributed by atoms with van der Waals surface area (Å²) in [5, 5.41) is 0. The highest BCUT2D eigenvalue weighted by Gasteiger charge is 2.67. The Morgan fingerprint density at radius 2 is 1.69 bits per heavy atom. The molecule has 0 aromatic heterocycles. The Labute approximate surface area is 152 Å². The van der Waals surface area contributed by atoms with Crippen LogP contribution in [-0.2, 0) is 14.4 Å². The van der Waals surface area contributed by atoms with Crippen molar-refractivity contribution in [3.05, 3.63) is 41.5 Å². The second-order valence-corrected chi connectivity index (χ2v) is 8.16. The molecule has 134 valence electrons. The Bertz CT molecular complexity index is 837. The second kappa shape index (κ2) is 5.29. The predicted molar refractivity (Wildman–Crippen MR) is 93.0 cm³/mol. The highest BCUT2D eigenvalue weighted by atomic mass is 16.5. The van der Waals surface area contributed by atoms with Crippen LogP contribution in [0.5, 0.6) is 5.75 Å². The molecule has 2 bridgehead atoms. The molecule has 0 spiro atoms. The lowest BCUT2D eigenvalue weighted by atomic mass is 9.63. The monoisotopic (exact) mass is 351 g/mol. The van der Waals surface area contributed by atoms with E-state index >= 15 is 0 Å². The third-order valence-electron chi connectivity index (χ3n) is 6.61. The van der Waals surface area contributed by atoms with Crippen molar-refractivity contribution in [2.24, 2.45) is 35.5 Å². The fraction of sp³-hybridized carbons (Fsp3) is 0.476. The van der Waals surface area contributed by atoms with E-state index in [1.165, 1.54) is 0 Å². The highest BCUT2D eigenvalue weighted by Crippen LogP contribution is 2.65.